The second-order valence-electron chi connectivity index (χ2n) is 9.78. The van der Waals surface area contributed by atoms with Crippen LogP contribution in [0.5, 0.6) is 28.7 Å². The number of hydrogen-bond donors (Lipinski definition) is 2. The fourth-order valence-corrected chi connectivity index (χ4v) is 4.91. The van der Waals surface area contributed by atoms with E-state index >= 15 is 0 Å². The minimum atomic E-state index is -4.73. The lowest BCUT2D eigenvalue weighted by Gasteiger charge is -2.34. The molecule has 2 unspecified atom stereocenters. The molecule has 4 aromatic rings. The van der Waals surface area contributed by atoms with Crippen LogP contribution in [0.15, 0.2) is 60.8 Å². The van der Waals surface area contributed by atoms with Gasteiger partial charge in [-0.2, -0.15) is 18.3 Å². The molecule has 0 saturated carbocycles. The number of halogens is 4. The number of carbonyl (C=O) groups excluding carboxylic acids is 1. The summed E-state index contributed by atoms with van der Waals surface area (Å²) in [5, 5.41) is 20.9. The van der Waals surface area contributed by atoms with Crippen LogP contribution in [0.1, 0.15) is 34.4 Å². The summed E-state index contributed by atoms with van der Waals surface area (Å²) in [5.41, 5.74) is -0.428. The van der Waals surface area contributed by atoms with Crippen LogP contribution in [-0.4, -0.2) is 48.1 Å². The number of nitro groups is 1. The molecule has 0 spiro atoms. The number of anilines is 2. The molecule has 3 aromatic carbocycles. The van der Waals surface area contributed by atoms with Crippen molar-refractivity contribution in [3.8, 4) is 28.7 Å². The summed E-state index contributed by atoms with van der Waals surface area (Å²) in [4.78, 5) is 24.3. The number of nitrogens with one attached hydrogen (secondary N) is 2. The van der Waals surface area contributed by atoms with Gasteiger partial charge in [-0.3, -0.25) is 14.9 Å². The zero-order valence-corrected chi connectivity index (χ0v) is 23.8. The van der Waals surface area contributed by atoms with Crippen LogP contribution in [0.3, 0.4) is 0 Å². The lowest BCUT2D eigenvalue weighted by atomic mass is 9.95. The second kappa shape index (κ2) is 12.2. The summed E-state index contributed by atoms with van der Waals surface area (Å²) in [6.45, 7) is 0. The Hall–Kier alpha value is -5.54. The third kappa shape index (κ3) is 6.39. The number of non-ortho nitro benzene ring substituents is 1. The monoisotopic (exact) mass is 631 g/mol. The maximum Gasteiger partial charge on any atom is 0.410 e. The lowest BCUT2D eigenvalue weighted by molar-refractivity contribution is -0.384. The number of hydrogen-bond acceptors (Lipinski definition) is 9. The summed E-state index contributed by atoms with van der Waals surface area (Å²) in [7, 11) is 4.13. The minimum absolute atomic E-state index is 0.0548. The van der Waals surface area contributed by atoms with Gasteiger partial charge in [-0.15, -0.1) is 0 Å². The molecule has 2 heterocycles. The first-order valence-electron chi connectivity index (χ1n) is 13.2. The molecule has 1 aromatic heterocycles. The van der Waals surface area contributed by atoms with Crippen molar-refractivity contribution in [3.63, 3.8) is 0 Å². The van der Waals surface area contributed by atoms with Crippen LogP contribution in [-0.2, 0) is 0 Å². The number of nitro benzene ring substituents is 1. The molecule has 2 N–H and O–H groups in total. The lowest BCUT2D eigenvalue weighted by Crippen LogP contribution is -2.36. The number of amides is 1. The molecule has 1 amide bonds. The van der Waals surface area contributed by atoms with E-state index in [1.165, 1.54) is 51.7 Å². The number of alkyl halides is 3. The van der Waals surface area contributed by atoms with Gasteiger partial charge < -0.3 is 29.6 Å². The molecule has 0 radical (unpaired) electrons. The van der Waals surface area contributed by atoms with Crippen molar-refractivity contribution in [3.05, 3.63) is 87.9 Å². The van der Waals surface area contributed by atoms with Crippen LogP contribution in [0.2, 0.25) is 0 Å². The molecule has 5 rings (SSSR count). The molecule has 12 nitrogen and oxygen atoms in total. The van der Waals surface area contributed by atoms with E-state index in [0.717, 1.165) is 30.5 Å². The highest BCUT2D eigenvalue weighted by atomic mass is 19.4. The third-order valence-corrected chi connectivity index (χ3v) is 6.98. The van der Waals surface area contributed by atoms with Crippen molar-refractivity contribution in [2.24, 2.45) is 0 Å². The van der Waals surface area contributed by atoms with E-state index in [1.807, 2.05) is 0 Å². The highest BCUT2D eigenvalue weighted by Crippen LogP contribution is 2.47. The van der Waals surface area contributed by atoms with Gasteiger partial charge in [-0.1, -0.05) is 0 Å². The fourth-order valence-electron chi connectivity index (χ4n) is 4.91. The summed E-state index contributed by atoms with van der Waals surface area (Å²) in [6.07, 6.45) is -4.24. The molecule has 1 aliphatic rings. The summed E-state index contributed by atoms with van der Waals surface area (Å²) < 4.78 is 78.4. The second-order valence-corrected chi connectivity index (χ2v) is 9.78. The number of ether oxygens (including phenoxy) is 4. The maximum atomic E-state index is 14.3. The molecular formula is C29H25F4N5O7. The van der Waals surface area contributed by atoms with Gasteiger partial charge in [0.1, 0.15) is 28.7 Å². The van der Waals surface area contributed by atoms with Crippen LogP contribution >= 0.6 is 0 Å². The van der Waals surface area contributed by atoms with Crippen molar-refractivity contribution in [2.45, 2.75) is 24.7 Å². The average molecular weight is 632 g/mol. The van der Waals surface area contributed by atoms with Gasteiger partial charge >= 0.3 is 6.18 Å². The van der Waals surface area contributed by atoms with Gasteiger partial charge in [0, 0.05) is 18.6 Å². The predicted molar refractivity (Wildman–Crippen MR) is 152 cm³/mol. The van der Waals surface area contributed by atoms with E-state index in [1.54, 1.807) is 0 Å². The van der Waals surface area contributed by atoms with Crippen molar-refractivity contribution < 1.29 is 46.2 Å². The molecule has 0 bridgehead atoms. The minimum Gasteiger partial charge on any atom is -0.493 e. The molecule has 16 heteroatoms. The van der Waals surface area contributed by atoms with Crippen molar-refractivity contribution >= 4 is 23.1 Å². The SMILES string of the molecule is COc1cc(C2CC(C(F)(F)F)n3ncc(C(=O)Nc4cc(Oc5ccc(F)cc5)cc([N+](=O)[O-])c4)c3N2)cc(OC)c1OC. The average Bonchev–Trinajstić information content (AvgIpc) is 3.44. The Morgan fingerprint density at radius 2 is 1.69 bits per heavy atom. The molecule has 0 saturated heterocycles. The normalized spacial score (nSPS) is 15.8. The summed E-state index contributed by atoms with van der Waals surface area (Å²) >= 11 is 0. The van der Waals surface area contributed by atoms with E-state index in [4.69, 9.17) is 18.9 Å². The first-order chi connectivity index (χ1) is 21.4. The Morgan fingerprint density at radius 3 is 2.27 bits per heavy atom. The maximum absolute atomic E-state index is 14.3. The van der Waals surface area contributed by atoms with E-state index < -0.39 is 47.0 Å². The first kappa shape index (κ1) is 30.9. The van der Waals surface area contributed by atoms with Crippen LogP contribution in [0.4, 0.5) is 34.8 Å². The molecule has 45 heavy (non-hydrogen) atoms. The number of benzene rings is 3. The highest BCUT2D eigenvalue weighted by molar-refractivity contribution is 6.07. The van der Waals surface area contributed by atoms with E-state index in [2.05, 4.69) is 15.7 Å². The molecule has 2 atom stereocenters. The molecule has 236 valence electrons. The Bertz CT molecular complexity index is 1720. The van der Waals surface area contributed by atoms with Gasteiger partial charge in [0.25, 0.3) is 11.6 Å². The van der Waals surface area contributed by atoms with Crippen LogP contribution < -0.4 is 29.6 Å². The number of carbonyl (C=O) groups is 1. The van der Waals surface area contributed by atoms with Crippen LogP contribution in [0, 0.1) is 15.9 Å². The number of nitrogens with zero attached hydrogens (tertiary/aromatic N) is 3. The quantitative estimate of drug-likeness (QED) is 0.118. The fraction of sp³-hybridized carbons (Fsp3) is 0.241. The Labute approximate surface area is 252 Å². The topological polar surface area (TPSA) is 139 Å². The number of rotatable bonds is 9. The number of aromatic nitrogens is 2. The van der Waals surface area contributed by atoms with Crippen molar-refractivity contribution in [1.29, 1.82) is 0 Å². The van der Waals surface area contributed by atoms with Gasteiger partial charge in [0.15, 0.2) is 17.5 Å². The van der Waals surface area contributed by atoms with Gasteiger partial charge in [-0.05, 0) is 42.0 Å². The third-order valence-electron chi connectivity index (χ3n) is 6.98. The van der Waals surface area contributed by atoms with Gasteiger partial charge in [0.2, 0.25) is 5.75 Å². The van der Waals surface area contributed by atoms with Crippen molar-refractivity contribution in [2.75, 3.05) is 32.0 Å². The first-order valence-corrected chi connectivity index (χ1v) is 13.2. The summed E-state index contributed by atoms with van der Waals surface area (Å²) in [5.74, 6) is -0.848. The zero-order valence-electron chi connectivity index (χ0n) is 23.8. The largest absolute Gasteiger partial charge is 0.493 e. The zero-order chi connectivity index (χ0) is 32.5. The predicted octanol–water partition coefficient (Wildman–Crippen LogP) is 6.66. The van der Waals surface area contributed by atoms with Gasteiger partial charge in [0.05, 0.1) is 50.2 Å². The smallest absolute Gasteiger partial charge is 0.410 e. The molecule has 0 aliphatic carbocycles. The van der Waals surface area contributed by atoms with E-state index in [-0.39, 0.29) is 45.8 Å². The highest BCUT2D eigenvalue weighted by Gasteiger charge is 2.47. The standard InChI is InChI=1S/C29H25F4N5O7/c1-42-23-8-15(9-24(43-2)26(23)44-3)22-13-25(29(31,32)33)37-27(36-22)21(14-34-37)28(39)35-17-10-18(38(40)41)12-20(11-17)45-19-6-4-16(30)5-7-19/h4-12,14,22,25,36H,13H2,1-3H3,(H,35,39). The Kier molecular flexibility index (Phi) is 8.39. The number of fused-ring (bicyclic) bond motifs is 1. The Balaban J connectivity index is 1.49. The van der Waals surface area contributed by atoms with Gasteiger partial charge in [-0.25, -0.2) is 9.07 Å². The summed E-state index contributed by atoms with van der Waals surface area (Å²) in [6, 6.07) is 8.22. The van der Waals surface area contributed by atoms with E-state index in [0.29, 0.717) is 10.2 Å². The van der Waals surface area contributed by atoms with Crippen LogP contribution in [0.25, 0.3) is 0 Å². The molecule has 0 fully saturated rings. The van der Waals surface area contributed by atoms with Crippen molar-refractivity contribution in [1.82, 2.24) is 9.78 Å². The molecular weight excluding hydrogens is 606 g/mol. The molecule has 1 aliphatic heterocycles. The number of methoxy groups -OCH3 is 3. The van der Waals surface area contributed by atoms with E-state index in [9.17, 15) is 32.5 Å². The Morgan fingerprint density at radius 1 is 1.02 bits per heavy atom.